The minimum Gasteiger partial charge on any atom is -0.459 e. The first-order valence-electron chi connectivity index (χ1n) is 21.7. The van der Waals surface area contributed by atoms with Gasteiger partial charge in [-0.15, -0.1) is 0 Å². The lowest BCUT2D eigenvalue weighted by molar-refractivity contribution is -0.205. The number of amides is 1. The zero-order chi connectivity index (χ0) is 45.8. The fourth-order valence-electron chi connectivity index (χ4n) is 9.50. The quantitative estimate of drug-likeness (QED) is 0.197. The number of carbonyl (C=O) groups is 3. The van der Waals surface area contributed by atoms with E-state index in [2.05, 4.69) is 17.3 Å². The number of rotatable bonds is 10. The number of Topliss-reactive ketones (excluding diaryl/α,β-unsaturated/α-hetero) is 1. The van der Waals surface area contributed by atoms with Crippen molar-refractivity contribution in [2.75, 3.05) is 40.8 Å². The molecule has 1 aromatic carbocycles. The Labute approximate surface area is 359 Å². The van der Waals surface area contributed by atoms with Gasteiger partial charge in [0.2, 0.25) is 5.91 Å². The van der Waals surface area contributed by atoms with Crippen LogP contribution in [0.4, 0.5) is 13.2 Å². The van der Waals surface area contributed by atoms with Gasteiger partial charge in [0.15, 0.2) is 5.78 Å². The summed E-state index contributed by atoms with van der Waals surface area (Å²) in [6.45, 7) is 14.4. The van der Waals surface area contributed by atoms with Crippen LogP contribution in [0.5, 0.6) is 0 Å². The number of ketones is 1. The smallest absolute Gasteiger partial charge is 0.416 e. The molecule has 14 atom stereocenters. The summed E-state index contributed by atoms with van der Waals surface area (Å²) in [5.41, 5.74) is -3.38. The summed E-state index contributed by atoms with van der Waals surface area (Å²) in [5.74, 6) is -3.98. The van der Waals surface area contributed by atoms with Crippen molar-refractivity contribution >= 4 is 17.7 Å². The lowest BCUT2D eigenvalue weighted by Crippen LogP contribution is -2.60. The number of aliphatic hydroxyl groups excluding tert-OH is 2. The molecular formula is C44H70F3N5O9. The first-order valence-corrected chi connectivity index (χ1v) is 21.7. The van der Waals surface area contributed by atoms with Gasteiger partial charge in [-0.3, -0.25) is 19.4 Å². The number of carbonyl (C=O) groups excluding carboxylic acids is 3. The number of cyclic esters (lactones) is 1. The molecule has 0 bridgehead atoms. The van der Waals surface area contributed by atoms with Crippen molar-refractivity contribution in [3.63, 3.8) is 0 Å². The SMILES string of the molecule is CC[C@H]1OC(=O)[C@H](C)C(=O)[C@H](C)[C@@H](O[C@@H]2C[C@H](C)C[C@H](N(C)C)[C@H]2O)[C@@](C)(OC)C[C@@H](C)CN(C(=O)CCCN2CC(c3ccc(C(F)(F)F)cc3)N=N2)[C@H](C)[C@@H](O)[C@]1(C)O. The van der Waals surface area contributed by atoms with Gasteiger partial charge in [-0.1, -0.05) is 45.1 Å². The number of nitrogens with zero attached hydrogens (tertiary/aromatic N) is 5. The van der Waals surface area contributed by atoms with Gasteiger partial charge in [0, 0.05) is 38.6 Å². The standard InChI is InChI=1S/C44H70F3N5O9/c1-12-35-43(8,58)39(56)29(6)52(36(53)14-13-19-51-24-32(48-49-51)30-15-17-31(18-16-30)44(45,46)47)23-26(3)22-42(7,59-11)40(27(4)37(54)28(5)41(57)61-35)60-34-21-25(2)20-33(38(34)55)50(9)10/h15-18,25-29,32-35,38-40,55-56,58H,12-14,19-24H2,1-11H3/t25-,26-,27+,28-,29-,32?,33+,34-,35-,38-,39-,40-,42+,43-/m1/s1. The van der Waals surface area contributed by atoms with Crippen LogP contribution < -0.4 is 0 Å². The third-order valence-corrected chi connectivity index (χ3v) is 13.3. The molecule has 61 heavy (non-hydrogen) atoms. The Morgan fingerprint density at radius 2 is 1.66 bits per heavy atom. The molecule has 0 radical (unpaired) electrons. The third kappa shape index (κ3) is 11.9. The highest BCUT2D eigenvalue weighted by atomic mass is 19.4. The van der Waals surface area contributed by atoms with Gasteiger partial charge in [0.1, 0.15) is 29.8 Å². The van der Waals surface area contributed by atoms with Gasteiger partial charge in [0.05, 0.1) is 42.1 Å². The lowest BCUT2D eigenvalue weighted by atomic mass is 9.77. The molecule has 2 aliphatic heterocycles. The fraction of sp³-hybridized carbons (Fsp3) is 0.795. The average molecular weight is 870 g/mol. The number of aliphatic hydroxyl groups is 3. The van der Waals surface area contributed by atoms with E-state index in [1.54, 1.807) is 25.8 Å². The molecule has 1 aromatic rings. The predicted molar refractivity (Wildman–Crippen MR) is 221 cm³/mol. The van der Waals surface area contributed by atoms with Gasteiger partial charge in [-0.25, -0.2) is 0 Å². The van der Waals surface area contributed by atoms with E-state index < -0.39 is 89.1 Å². The summed E-state index contributed by atoms with van der Waals surface area (Å²) in [4.78, 5) is 45.8. The Hall–Kier alpha value is -3.22. The molecule has 346 valence electrons. The Balaban J connectivity index is 1.61. The van der Waals surface area contributed by atoms with E-state index in [0.717, 1.165) is 18.6 Å². The Morgan fingerprint density at radius 1 is 1.02 bits per heavy atom. The van der Waals surface area contributed by atoms with Gasteiger partial charge in [-0.2, -0.15) is 18.3 Å². The van der Waals surface area contributed by atoms with Crippen molar-refractivity contribution in [1.29, 1.82) is 0 Å². The molecule has 17 heteroatoms. The summed E-state index contributed by atoms with van der Waals surface area (Å²) in [7, 11) is 5.32. The molecule has 2 fully saturated rings. The molecule has 1 saturated carbocycles. The van der Waals surface area contributed by atoms with Crippen molar-refractivity contribution in [3.8, 4) is 0 Å². The monoisotopic (exact) mass is 870 g/mol. The molecule has 0 spiro atoms. The number of ether oxygens (including phenoxy) is 3. The molecule has 1 aliphatic carbocycles. The van der Waals surface area contributed by atoms with E-state index in [4.69, 9.17) is 14.2 Å². The van der Waals surface area contributed by atoms with Crippen LogP contribution in [0.15, 0.2) is 34.6 Å². The topological polar surface area (TPSA) is 174 Å². The number of esters is 1. The summed E-state index contributed by atoms with van der Waals surface area (Å²) in [5, 5.41) is 45.4. The maximum Gasteiger partial charge on any atom is 0.416 e. The summed E-state index contributed by atoms with van der Waals surface area (Å²) in [6.07, 6.45) is -7.73. The summed E-state index contributed by atoms with van der Waals surface area (Å²) >= 11 is 0. The number of halogens is 3. The van der Waals surface area contributed by atoms with E-state index in [0.29, 0.717) is 31.5 Å². The number of likely N-dealkylation sites (N-methyl/N-ethyl adjacent to an activating group) is 1. The van der Waals surface area contributed by atoms with Crippen molar-refractivity contribution in [2.45, 2.75) is 160 Å². The molecule has 3 N–H and O–H groups in total. The van der Waals surface area contributed by atoms with Crippen LogP contribution >= 0.6 is 0 Å². The molecule has 4 rings (SSSR count). The Bertz CT molecular complexity index is 1670. The maximum absolute atomic E-state index is 14.3. The van der Waals surface area contributed by atoms with Crippen LogP contribution in [0.3, 0.4) is 0 Å². The Morgan fingerprint density at radius 3 is 2.23 bits per heavy atom. The van der Waals surface area contributed by atoms with Crippen molar-refractivity contribution < 1.29 is 57.1 Å². The normalized spacial score (nSPS) is 37.4. The largest absolute Gasteiger partial charge is 0.459 e. The average Bonchev–Trinajstić information content (AvgIpc) is 3.68. The van der Waals surface area contributed by atoms with Crippen LogP contribution in [0.25, 0.3) is 0 Å². The van der Waals surface area contributed by atoms with Crippen molar-refractivity contribution in [2.24, 2.45) is 34.0 Å². The molecule has 14 nitrogen and oxygen atoms in total. The molecule has 0 aromatic heterocycles. The predicted octanol–water partition coefficient (Wildman–Crippen LogP) is 5.62. The first kappa shape index (κ1) is 50.4. The molecule has 1 saturated heterocycles. The first-order chi connectivity index (χ1) is 28.4. The van der Waals surface area contributed by atoms with Crippen molar-refractivity contribution in [3.05, 3.63) is 35.4 Å². The highest BCUT2D eigenvalue weighted by molar-refractivity contribution is 6.00. The fourth-order valence-corrected chi connectivity index (χ4v) is 9.50. The second-order valence-electron chi connectivity index (χ2n) is 18.6. The third-order valence-electron chi connectivity index (χ3n) is 13.3. The zero-order valence-electron chi connectivity index (χ0n) is 37.8. The Kier molecular flexibility index (Phi) is 17.0. The number of hydrogen-bond donors (Lipinski definition) is 3. The van der Waals surface area contributed by atoms with E-state index in [1.165, 1.54) is 38.0 Å². The van der Waals surface area contributed by atoms with Crippen LogP contribution in [0.1, 0.15) is 111 Å². The number of alkyl halides is 3. The molecule has 1 unspecified atom stereocenters. The molecule has 3 aliphatic rings. The van der Waals surface area contributed by atoms with E-state index in [-0.39, 0.29) is 49.6 Å². The minimum atomic E-state index is -4.45. The summed E-state index contributed by atoms with van der Waals surface area (Å²) in [6, 6.07) is 3.17. The zero-order valence-corrected chi connectivity index (χ0v) is 37.8. The number of methoxy groups -OCH3 is 1. The van der Waals surface area contributed by atoms with Crippen molar-refractivity contribution in [1.82, 2.24) is 14.8 Å². The van der Waals surface area contributed by atoms with E-state index in [1.807, 2.05) is 32.8 Å². The highest BCUT2D eigenvalue weighted by Crippen LogP contribution is 2.39. The van der Waals surface area contributed by atoms with Crippen LogP contribution in [0, 0.1) is 23.7 Å². The maximum atomic E-state index is 14.3. The second-order valence-corrected chi connectivity index (χ2v) is 18.6. The highest BCUT2D eigenvalue weighted by Gasteiger charge is 2.51. The summed E-state index contributed by atoms with van der Waals surface area (Å²) < 4.78 is 58.2. The second kappa shape index (κ2) is 20.5. The van der Waals surface area contributed by atoms with Crippen LogP contribution in [0.2, 0.25) is 0 Å². The van der Waals surface area contributed by atoms with Gasteiger partial charge >= 0.3 is 12.1 Å². The lowest BCUT2D eigenvalue weighted by Gasteiger charge is -2.47. The molecule has 1 amide bonds. The van der Waals surface area contributed by atoms with Gasteiger partial charge in [0.25, 0.3) is 0 Å². The minimum absolute atomic E-state index is 0.0240. The number of benzene rings is 1. The van der Waals surface area contributed by atoms with Crippen LogP contribution in [-0.4, -0.2) is 142 Å². The van der Waals surface area contributed by atoms with Gasteiger partial charge < -0.3 is 39.3 Å². The van der Waals surface area contributed by atoms with E-state index >= 15 is 0 Å². The van der Waals surface area contributed by atoms with E-state index in [9.17, 15) is 42.9 Å². The van der Waals surface area contributed by atoms with Gasteiger partial charge in [-0.05, 0) is 103 Å². The number of hydrogen-bond acceptors (Lipinski definition) is 13. The van der Waals surface area contributed by atoms with Crippen LogP contribution in [-0.2, 0) is 34.8 Å². The molecular weight excluding hydrogens is 800 g/mol. The molecule has 2 heterocycles.